The fourth-order valence-electron chi connectivity index (χ4n) is 0.872. The first-order chi connectivity index (χ1) is 6.22. The van der Waals surface area contributed by atoms with Crippen molar-refractivity contribution in [3.8, 4) is 0 Å². The monoisotopic (exact) mass is 190 g/mol. The molecule has 0 aliphatic rings. The molecule has 78 valence electrons. The maximum atomic E-state index is 10.8. The van der Waals surface area contributed by atoms with Gasteiger partial charge in [0.2, 0.25) is 0 Å². The van der Waals surface area contributed by atoms with E-state index < -0.39 is 18.7 Å². The van der Waals surface area contributed by atoms with Crippen LogP contribution in [-0.2, 0) is 9.53 Å². The van der Waals surface area contributed by atoms with Gasteiger partial charge >= 0.3 is 5.97 Å². The molecule has 0 rings (SSSR count). The van der Waals surface area contributed by atoms with Gasteiger partial charge in [0, 0.05) is 0 Å². The Balaban J connectivity index is 3.27. The molecule has 0 radical (unpaired) electrons. The zero-order chi connectivity index (χ0) is 10.1. The molecule has 13 heavy (non-hydrogen) atoms. The van der Waals surface area contributed by atoms with Crippen molar-refractivity contribution in [2.45, 2.75) is 38.7 Å². The molecular weight excluding hydrogens is 172 g/mol. The molecular formula is C9H18O4. The summed E-state index contributed by atoms with van der Waals surface area (Å²) in [6.07, 6.45) is 2.72. The summed E-state index contributed by atoms with van der Waals surface area (Å²) in [4.78, 5) is 10.8. The van der Waals surface area contributed by atoms with Gasteiger partial charge in [-0.2, -0.15) is 0 Å². The summed E-state index contributed by atoms with van der Waals surface area (Å²) in [5, 5.41) is 17.2. The smallest absolute Gasteiger partial charge is 0.337 e. The Bertz CT molecular complexity index is 136. The van der Waals surface area contributed by atoms with Crippen LogP contribution in [0.25, 0.3) is 0 Å². The second kappa shape index (κ2) is 8.01. The molecule has 2 N–H and O–H groups in total. The fourth-order valence-corrected chi connectivity index (χ4v) is 0.872. The van der Waals surface area contributed by atoms with Crippen LogP contribution in [0, 0.1) is 0 Å². The quantitative estimate of drug-likeness (QED) is 0.452. The lowest BCUT2D eigenvalue weighted by Gasteiger charge is -2.07. The first-order valence-electron chi connectivity index (χ1n) is 4.68. The predicted molar refractivity (Wildman–Crippen MR) is 48.2 cm³/mol. The van der Waals surface area contributed by atoms with Crippen LogP contribution in [0.3, 0.4) is 0 Å². The summed E-state index contributed by atoms with van der Waals surface area (Å²) in [6.45, 7) is 1.85. The Labute approximate surface area is 78.5 Å². The third-order valence-corrected chi connectivity index (χ3v) is 1.69. The minimum absolute atomic E-state index is 0.329. The van der Waals surface area contributed by atoms with E-state index in [2.05, 4.69) is 6.92 Å². The molecule has 0 spiro atoms. The van der Waals surface area contributed by atoms with Crippen LogP contribution in [0.2, 0.25) is 0 Å². The van der Waals surface area contributed by atoms with Gasteiger partial charge in [0.25, 0.3) is 0 Å². The zero-order valence-electron chi connectivity index (χ0n) is 8.03. The van der Waals surface area contributed by atoms with Crippen LogP contribution in [0.4, 0.5) is 0 Å². The molecule has 1 atom stereocenters. The van der Waals surface area contributed by atoms with Crippen molar-refractivity contribution in [2.75, 3.05) is 13.2 Å². The normalized spacial score (nSPS) is 12.5. The Kier molecular flexibility index (Phi) is 7.63. The van der Waals surface area contributed by atoms with Crippen LogP contribution in [0.1, 0.15) is 32.6 Å². The molecule has 0 aliphatic heterocycles. The number of hydrogen-bond donors (Lipinski definition) is 2. The highest BCUT2D eigenvalue weighted by Crippen LogP contribution is 1.99. The molecule has 1 unspecified atom stereocenters. The molecule has 0 aliphatic carbocycles. The van der Waals surface area contributed by atoms with Crippen molar-refractivity contribution < 1.29 is 19.7 Å². The largest absolute Gasteiger partial charge is 0.464 e. The number of carbonyl (C=O) groups is 1. The van der Waals surface area contributed by atoms with Gasteiger partial charge in [0.05, 0.1) is 13.2 Å². The van der Waals surface area contributed by atoms with E-state index >= 15 is 0 Å². The van der Waals surface area contributed by atoms with Crippen molar-refractivity contribution in [2.24, 2.45) is 0 Å². The van der Waals surface area contributed by atoms with Gasteiger partial charge in [0.1, 0.15) is 0 Å². The molecule has 0 heterocycles. The summed E-state index contributed by atoms with van der Waals surface area (Å²) in [5.41, 5.74) is 0. The SMILES string of the molecule is CCCCCCOC(=O)C(O)CO. The predicted octanol–water partition coefficient (Wildman–Crippen LogP) is 0.463. The number of rotatable bonds is 7. The maximum absolute atomic E-state index is 10.8. The van der Waals surface area contributed by atoms with Gasteiger partial charge in [-0.05, 0) is 6.42 Å². The Morgan fingerprint density at radius 1 is 1.38 bits per heavy atom. The van der Waals surface area contributed by atoms with Gasteiger partial charge < -0.3 is 14.9 Å². The second-order valence-corrected chi connectivity index (χ2v) is 2.93. The lowest BCUT2D eigenvalue weighted by atomic mass is 10.2. The Morgan fingerprint density at radius 3 is 2.62 bits per heavy atom. The number of aliphatic hydroxyl groups excluding tert-OH is 2. The van der Waals surface area contributed by atoms with E-state index in [1.807, 2.05) is 0 Å². The van der Waals surface area contributed by atoms with E-state index in [0.717, 1.165) is 25.7 Å². The topological polar surface area (TPSA) is 66.8 Å². The van der Waals surface area contributed by atoms with E-state index in [-0.39, 0.29) is 0 Å². The molecule has 0 amide bonds. The van der Waals surface area contributed by atoms with Crippen molar-refractivity contribution in [1.82, 2.24) is 0 Å². The van der Waals surface area contributed by atoms with Crippen LogP contribution >= 0.6 is 0 Å². The molecule has 0 saturated heterocycles. The van der Waals surface area contributed by atoms with E-state index in [1.54, 1.807) is 0 Å². The molecule has 4 heteroatoms. The number of ether oxygens (including phenoxy) is 1. The number of hydrogen-bond acceptors (Lipinski definition) is 4. The molecule has 0 aromatic rings. The lowest BCUT2D eigenvalue weighted by molar-refractivity contribution is -0.155. The van der Waals surface area contributed by atoms with Crippen molar-refractivity contribution >= 4 is 5.97 Å². The zero-order valence-corrected chi connectivity index (χ0v) is 8.03. The average molecular weight is 190 g/mol. The number of aliphatic hydroxyl groups is 2. The van der Waals surface area contributed by atoms with Crippen molar-refractivity contribution in [3.63, 3.8) is 0 Å². The molecule has 0 aromatic carbocycles. The summed E-state index contributed by atoms with van der Waals surface area (Å²) in [5.74, 6) is -0.737. The van der Waals surface area contributed by atoms with Crippen LogP contribution in [0.15, 0.2) is 0 Å². The van der Waals surface area contributed by atoms with Crippen LogP contribution in [0.5, 0.6) is 0 Å². The molecule has 0 saturated carbocycles. The van der Waals surface area contributed by atoms with Crippen LogP contribution in [-0.4, -0.2) is 35.5 Å². The van der Waals surface area contributed by atoms with Gasteiger partial charge in [0.15, 0.2) is 6.10 Å². The molecule has 0 aromatic heterocycles. The minimum atomic E-state index is -1.38. The summed E-state index contributed by atoms with van der Waals surface area (Å²) < 4.78 is 4.69. The third-order valence-electron chi connectivity index (χ3n) is 1.69. The summed E-state index contributed by atoms with van der Waals surface area (Å²) >= 11 is 0. The average Bonchev–Trinajstić information content (AvgIpc) is 2.16. The Morgan fingerprint density at radius 2 is 2.08 bits per heavy atom. The highest BCUT2D eigenvalue weighted by molar-refractivity contribution is 5.74. The highest BCUT2D eigenvalue weighted by Gasteiger charge is 2.14. The van der Waals surface area contributed by atoms with E-state index in [0.29, 0.717) is 6.61 Å². The molecule has 0 bridgehead atoms. The number of unbranched alkanes of at least 4 members (excludes halogenated alkanes) is 3. The first kappa shape index (κ1) is 12.4. The second-order valence-electron chi connectivity index (χ2n) is 2.93. The highest BCUT2D eigenvalue weighted by atomic mass is 16.5. The number of esters is 1. The maximum Gasteiger partial charge on any atom is 0.337 e. The fraction of sp³-hybridized carbons (Fsp3) is 0.889. The van der Waals surface area contributed by atoms with Crippen molar-refractivity contribution in [1.29, 1.82) is 0 Å². The third kappa shape index (κ3) is 6.54. The van der Waals surface area contributed by atoms with Crippen molar-refractivity contribution in [3.05, 3.63) is 0 Å². The van der Waals surface area contributed by atoms with Gasteiger partial charge in [-0.3, -0.25) is 0 Å². The van der Waals surface area contributed by atoms with Gasteiger partial charge in [-0.25, -0.2) is 4.79 Å². The minimum Gasteiger partial charge on any atom is -0.464 e. The van der Waals surface area contributed by atoms with E-state index in [4.69, 9.17) is 14.9 Å². The van der Waals surface area contributed by atoms with Gasteiger partial charge in [-0.15, -0.1) is 0 Å². The molecule has 0 fully saturated rings. The van der Waals surface area contributed by atoms with Crippen LogP contribution < -0.4 is 0 Å². The van der Waals surface area contributed by atoms with Gasteiger partial charge in [-0.1, -0.05) is 26.2 Å². The number of carbonyl (C=O) groups excluding carboxylic acids is 1. The van der Waals surface area contributed by atoms with E-state index in [9.17, 15) is 4.79 Å². The standard InChI is InChI=1S/C9H18O4/c1-2-3-4-5-6-13-9(12)8(11)7-10/h8,10-11H,2-7H2,1H3. The summed E-state index contributed by atoms with van der Waals surface area (Å²) in [6, 6.07) is 0. The first-order valence-corrected chi connectivity index (χ1v) is 4.68. The Hall–Kier alpha value is -0.610. The van der Waals surface area contributed by atoms with E-state index in [1.165, 1.54) is 0 Å². The lowest BCUT2D eigenvalue weighted by Crippen LogP contribution is -2.26. The summed E-state index contributed by atoms with van der Waals surface area (Å²) in [7, 11) is 0. The molecule has 4 nitrogen and oxygen atoms in total.